The Labute approximate surface area is 59.1 Å². The van der Waals surface area contributed by atoms with Crippen LogP contribution in [0.5, 0.6) is 0 Å². The van der Waals surface area contributed by atoms with Gasteiger partial charge in [0.2, 0.25) is 0 Å². The summed E-state index contributed by atoms with van der Waals surface area (Å²) in [5.74, 6) is -0.752. The van der Waals surface area contributed by atoms with Gasteiger partial charge in [0, 0.05) is 12.0 Å². The predicted octanol–water partition coefficient (Wildman–Crippen LogP) is 1.99. The summed E-state index contributed by atoms with van der Waals surface area (Å²) in [7, 11) is 0. The lowest BCUT2D eigenvalue weighted by atomic mass is 10.2. The van der Waals surface area contributed by atoms with Crippen LogP contribution in [-0.2, 0) is 4.79 Å². The first kappa shape index (κ1) is 8.50. The Balaban J connectivity index is 3.01. The summed E-state index contributed by atoms with van der Waals surface area (Å²) >= 11 is 5.19. The maximum absolute atomic E-state index is 9.91. The van der Waals surface area contributed by atoms with Gasteiger partial charge < -0.3 is 5.11 Å². The molecule has 1 N–H and O–H groups in total. The van der Waals surface area contributed by atoms with E-state index in [4.69, 9.17) is 16.7 Å². The van der Waals surface area contributed by atoms with Gasteiger partial charge in [0.05, 0.1) is 0 Å². The lowest BCUT2D eigenvalue weighted by molar-refractivity contribution is -0.137. The van der Waals surface area contributed by atoms with Crippen molar-refractivity contribution in [3.05, 3.63) is 11.6 Å². The number of hydrogen-bond donors (Lipinski definition) is 1. The smallest absolute Gasteiger partial charge is 0.303 e. The minimum Gasteiger partial charge on any atom is -0.481 e. The molecule has 3 heteroatoms. The molecular weight excluding hydrogens is 140 g/mol. The molecule has 0 saturated heterocycles. The van der Waals surface area contributed by atoms with E-state index in [0.29, 0.717) is 6.42 Å². The second kappa shape index (κ2) is 5.63. The number of carboxylic acid groups (broad SMARTS) is 1. The fraction of sp³-hybridized carbons (Fsp3) is 0.500. The Kier molecular flexibility index (Phi) is 5.32. The van der Waals surface area contributed by atoms with E-state index in [2.05, 4.69) is 0 Å². The molecule has 0 fully saturated rings. The quantitative estimate of drug-likeness (QED) is 0.620. The molecule has 0 aromatic heterocycles. The Hall–Kier alpha value is -0.500. The summed E-state index contributed by atoms with van der Waals surface area (Å²) in [5, 5.41) is 8.16. The number of carboxylic acids is 1. The van der Waals surface area contributed by atoms with Crippen molar-refractivity contribution >= 4 is 17.6 Å². The van der Waals surface area contributed by atoms with Crippen molar-refractivity contribution in [1.82, 2.24) is 0 Å². The standard InChI is InChI=1S/C6H9ClO2/c7-5-3-1-2-4-6(8)9/h3,5H,1-2,4H2,(H,8,9)/b5-3+. The molecule has 0 unspecified atom stereocenters. The summed E-state index contributed by atoms with van der Waals surface area (Å²) in [6.07, 6.45) is 3.38. The normalized spacial score (nSPS) is 10.3. The van der Waals surface area contributed by atoms with Crippen molar-refractivity contribution in [2.75, 3.05) is 0 Å². The summed E-state index contributed by atoms with van der Waals surface area (Å²) in [6.45, 7) is 0. The van der Waals surface area contributed by atoms with Crippen molar-refractivity contribution in [2.45, 2.75) is 19.3 Å². The molecule has 2 nitrogen and oxygen atoms in total. The highest BCUT2D eigenvalue weighted by Crippen LogP contribution is 1.96. The molecule has 0 rings (SSSR count). The Morgan fingerprint density at radius 3 is 2.78 bits per heavy atom. The van der Waals surface area contributed by atoms with E-state index < -0.39 is 5.97 Å². The van der Waals surface area contributed by atoms with Crippen LogP contribution in [0.1, 0.15) is 19.3 Å². The molecule has 52 valence electrons. The van der Waals surface area contributed by atoms with Crippen molar-refractivity contribution in [3.63, 3.8) is 0 Å². The highest BCUT2D eigenvalue weighted by atomic mass is 35.5. The van der Waals surface area contributed by atoms with Gasteiger partial charge in [-0.05, 0) is 12.8 Å². The average molecular weight is 149 g/mol. The third kappa shape index (κ3) is 7.50. The molecule has 0 spiro atoms. The van der Waals surface area contributed by atoms with Crippen molar-refractivity contribution in [2.24, 2.45) is 0 Å². The van der Waals surface area contributed by atoms with E-state index in [1.807, 2.05) is 0 Å². The highest BCUT2D eigenvalue weighted by Gasteiger charge is 1.92. The fourth-order valence-electron chi connectivity index (χ4n) is 0.434. The number of allylic oxidation sites excluding steroid dienone is 1. The Morgan fingerprint density at radius 1 is 1.67 bits per heavy atom. The SMILES string of the molecule is O=C(O)CCC/C=C/Cl. The number of halogens is 1. The third-order valence-corrected chi connectivity index (χ3v) is 1.03. The molecule has 9 heavy (non-hydrogen) atoms. The van der Waals surface area contributed by atoms with Gasteiger partial charge in [-0.2, -0.15) is 0 Å². The molecule has 0 aliphatic carbocycles. The lowest BCUT2D eigenvalue weighted by Crippen LogP contribution is -1.92. The van der Waals surface area contributed by atoms with Crippen LogP contribution in [-0.4, -0.2) is 11.1 Å². The van der Waals surface area contributed by atoms with Crippen LogP contribution in [0.2, 0.25) is 0 Å². The largest absolute Gasteiger partial charge is 0.481 e. The predicted molar refractivity (Wildman–Crippen MR) is 36.5 cm³/mol. The van der Waals surface area contributed by atoms with Crippen LogP contribution < -0.4 is 0 Å². The van der Waals surface area contributed by atoms with E-state index in [1.165, 1.54) is 5.54 Å². The maximum atomic E-state index is 9.91. The van der Waals surface area contributed by atoms with E-state index in [-0.39, 0.29) is 6.42 Å². The fourth-order valence-corrected chi connectivity index (χ4v) is 0.560. The molecule has 0 amide bonds. The lowest BCUT2D eigenvalue weighted by Gasteiger charge is -1.87. The summed E-state index contributed by atoms with van der Waals surface area (Å²) < 4.78 is 0. The molecule has 0 aliphatic rings. The van der Waals surface area contributed by atoms with Gasteiger partial charge in [-0.25, -0.2) is 0 Å². The molecule has 0 atom stereocenters. The molecule has 0 aliphatic heterocycles. The van der Waals surface area contributed by atoms with Crippen LogP contribution >= 0.6 is 11.6 Å². The van der Waals surface area contributed by atoms with Crippen LogP contribution in [0, 0.1) is 0 Å². The third-order valence-electron chi connectivity index (χ3n) is 0.851. The zero-order chi connectivity index (χ0) is 7.11. The van der Waals surface area contributed by atoms with Gasteiger partial charge >= 0.3 is 5.97 Å². The van der Waals surface area contributed by atoms with Crippen LogP contribution in [0.3, 0.4) is 0 Å². The van der Waals surface area contributed by atoms with Crippen molar-refractivity contribution < 1.29 is 9.90 Å². The van der Waals surface area contributed by atoms with Gasteiger partial charge in [-0.1, -0.05) is 17.7 Å². The maximum Gasteiger partial charge on any atom is 0.303 e. The van der Waals surface area contributed by atoms with Crippen molar-refractivity contribution in [3.8, 4) is 0 Å². The molecule has 0 bridgehead atoms. The second-order valence-corrected chi connectivity index (χ2v) is 1.90. The minimum absolute atomic E-state index is 0.223. The van der Waals surface area contributed by atoms with Crippen LogP contribution in [0.15, 0.2) is 11.6 Å². The zero-order valence-corrected chi connectivity index (χ0v) is 5.77. The van der Waals surface area contributed by atoms with Crippen molar-refractivity contribution in [1.29, 1.82) is 0 Å². The number of rotatable bonds is 4. The zero-order valence-electron chi connectivity index (χ0n) is 5.01. The summed E-state index contributed by atoms with van der Waals surface area (Å²) in [4.78, 5) is 9.91. The Morgan fingerprint density at radius 2 is 2.33 bits per heavy atom. The molecule has 0 radical (unpaired) electrons. The van der Waals surface area contributed by atoms with Gasteiger partial charge in [-0.15, -0.1) is 0 Å². The summed E-state index contributed by atoms with van der Waals surface area (Å²) in [6, 6.07) is 0. The average Bonchev–Trinajstić information content (AvgIpc) is 1.80. The molecule has 0 aromatic carbocycles. The van der Waals surface area contributed by atoms with Gasteiger partial charge in [0.25, 0.3) is 0 Å². The highest BCUT2D eigenvalue weighted by molar-refractivity contribution is 6.25. The molecule has 0 heterocycles. The van der Waals surface area contributed by atoms with Gasteiger partial charge in [-0.3, -0.25) is 4.79 Å². The first-order chi connectivity index (χ1) is 4.27. The number of carbonyl (C=O) groups is 1. The van der Waals surface area contributed by atoms with E-state index >= 15 is 0 Å². The first-order valence-corrected chi connectivity index (χ1v) is 3.18. The van der Waals surface area contributed by atoms with Crippen LogP contribution in [0.25, 0.3) is 0 Å². The molecule has 0 aromatic rings. The molecule has 0 saturated carbocycles. The summed E-state index contributed by atoms with van der Waals surface area (Å²) in [5.41, 5.74) is 1.40. The van der Waals surface area contributed by atoms with E-state index in [1.54, 1.807) is 6.08 Å². The first-order valence-electron chi connectivity index (χ1n) is 2.74. The monoisotopic (exact) mass is 148 g/mol. The minimum atomic E-state index is -0.752. The second-order valence-electron chi connectivity index (χ2n) is 1.65. The van der Waals surface area contributed by atoms with E-state index in [0.717, 1.165) is 6.42 Å². The van der Waals surface area contributed by atoms with E-state index in [9.17, 15) is 4.79 Å². The number of aliphatic carboxylic acids is 1. The number of unbranched alkanes of at least 4 members (excludes halogenated alkanes) is 1. The molecular formula is C6H9ClO2. The topological polar surface area (TPSA) is 37.3 Å². The number of hydrogen-bond acceptors (Lipinski definition) is 1. The van der Waals surface area contributed by atoms with Gasteiger partial charge in [0.15, 0.2) is 0 Å². The van der Waals surface area contributed by atoms with Gasteiger partial charge in [0.1, 0.15) is 0 Å². The Bertz CT molecular complexity index is 110. The van der Waals surface area contributed by atoms with Crippen LogP contribution in [0.4, 0.5) is 0 Å².